The first-order valence-corrected chi connectivity index (χ1v) is 8.07. The molecular formula is C14H12Cl2F3N2O7-. The molecule has 2 unspecified atom stereocenters. The molecular weight excluding hydrogens is 436 g/mol. The molecule has 2 atom stereocenters. The summed E-state index contributed by atoms with van der Waals surface area (Å²) < 4.78 is 50.0. The van der Waals surface area contributed by atoms with Gasteiger partial charge in [0.05, 0.1) is 10.6 Å². The number of fused-ring (bicyclic) bond motifs is 1. The van der Waals surface area contributed by atoms with Crippen LogP contribution in [0.2, 0.25) is 10.0 Å². The van der Waals surface area contributed by atoms with Gasteiger partial charge in [-0.15, -0.1) is 0 Å². The van der Waals surface area contributed by atoms with Gasteiger partial charge >= 0.3 is 12.1 Å². The Kier molecular flexibility index (Phi) is 7.86. The Morgan fingerprint density at radius 3 is 2.61 bits per heavy atom. The van der Waals surface area contributed by atoms with E-state index < -0.39 is 43.1 Å². The lowest BCUT2D eigenvalue weighted by Crippen LogP contribution is -2.42. The molecule has 9 nitrogen and oxygen atoms in total. The van der Waals surface area contributed by atoms with Gasteiger partial charge < -0.3 is 19.5 Å². The van der Waals surface area contributed by atoms with Crippen molar-refractivity contribution >= 4 is 35.2 Å². The number of carbonyl (C=O) groups excluding carboxylic acids is 1. The number of halogens is 5. The first-order valence-electron chi connectivity index (χ1n) is 7.32. The molecule has 0 aromatic heterocycles. The molecule has 1 aliphatic heterocycles. The SMILES string of the molecule is O=C(OC(CON[O-])CONO)C1=Cc2cc(Cl)cc(Cl)c2OC1C(F)(F)F. The molecule has 0 bridgehead atoms. The van der Waals surface area contributed by atoms with Crippen LogP contribution in [-0.2, 0) is 19.2 Å². The molecule has 156 valence electrons. The van der Waals surface area contributed by atoms with Crippen LogP contribution in [0, 0.1) is 5.21 Å². The molecule has 0 spiro atoms. The van der Waals surface area contributed by atoms with Gasteiger partial charge in [-0.25, -0.2) is 4.79 Å². The summed E-state index contributed by atoms with van der Waals surface area (Å²) in [7, 11) is 0. The number of rotatable bonds is 8. The standard InChI is InChI=1S/C14H12Cl2F3N2O7/c15-7-1-6-2-9(12(14(17,18)19)28-11(6)10(16)3-7)13(22)27-8(4-25-20-23)5-26-21-24/h1-3,8,12,20-21,23H,4-5H2/q-1. The number of hydrogen-bond acceptors (Lipinski definition) is 9. The van der Waals surface area contributed by atoms with Crippen LogP contribution >= 0.6 is 23.2 Å². The Morgan fingerprint density at radius 2 is 2.00 bits per heavy atom. The average Bonchev–Trinajstić information content (AvgIpc) is 2.61. The second-order valence-corrected chi connectivity index (χ2v) is 6.11. The lowest BCUT2D eigenvalue weighted by molar-refractivity contribution is -0.193. The highest BCUT2D eigenvalue weighted by Crippen LogP contribution is 2.42. The molecule has 14 heteroatoms. The highest BCUT2D eigenvalue weighted by atomic mass is 35.5. The smallest absolute Gasteiger partial charge is 0.430 e. The summed E-state index contributed by atoms with van der Waals surface area (Å²) in [6.45, 7) is -1.14. The molecule has 1 aliphatic rings. The minimum absolute atomic E-state index is 0.0345. The molecule has 0 amide bonds. The molecule has 0 radical (unpaired) electrons. The van der Waals surface area contributed by atoms with Crippen molar-refractivity contribution in [3.8, 4) is 5.75 Å². The third-order valence-electron chi connectivity index (χ3n) is 3.33. The maximum atomic E-state index is 13.4. The number of alkyl halides is 3. The van der Waals surface area contributed by atoms with E-state index in [1.165, 1.54) is 17.8 Å². The highest BCUT2D eigenvalue weighted by Gasteiger charge is 2.49. The van der Waals surface area contributed by atoms with Gasteiger partial charge in [0.1, 0.15) is 19.0 Å². The zero-order valence-electron chi connectivity index (χ0n) is 13.6. The van der Waals surface area contributed by atoms with Gasteiger partial charge in [-0.3, -0.25) is 15.7 Å². The zero-order chi connectivity index (χ0) is 20.9. The summed E-state index contributed by atoms with van der Waals surface area (Å²) >= 11 is 11.7. The normalized spacial score (nSPS) is 17.4. The van der Waals surface area contributed by atoms with E-state index in [2.05, 4.69) is 9.68 Å². The van der Waals surface area contributed by atoms with Crippen LogP contribution in [0.3, 0.4) is 0 Å². The van der Waals surface area contributed by atoms with Gasteiger partial charge in [0, 0.05) is 10.6 Å². The quantitative estimate of drug-likeness (QED) is 0.407. The Labute approximate surface area is 165 Å². The van der Waals surface area contributed by atoms with E-state index in [0.717, 1.165) is 11.7 Å². The minimum Gasteiger partial charge on any atom is -0.765 e. The molecule has 2 rings (SSSR count). The molecule has 0 saturated heterocycles. The fraction of sp³-hybridized carbons (Fsp3) is 0.357. The predicted molar refractivity (Wildman–Crippen MR) is 88.1 cm³/mol. The van der Waals surface area contributed by atoms with Gasteiger partial charge in [0.25, 0.3) is 0 Å². The van der Waals surface area contributed by atoms with Crippen molar-refractivity contribution < 1.29 is 42.3 Å². The van der Waals surface area contributed by atoms with Gasteiger partial charge in [0.15, 0.2) is 6.10 Å². The molecule has 0 aliphatic carbocycles. The van der Waals surface area contributed by atoms with Crippen LogP contribution in [0.15, 0.2) is 17.7 Å². The lowest BCUT2D eigenvalue weighted by Gasteiger charge is -2.29. The number of carbonyl (C=O) groups is 1. The van der Waals surface area contributed by atoms with Crippen molar-refractivity contribution in [3.63, 3.8) is 0 Å². The Hall–Kier alpha value is -1.64. The Bertz CT molecular complexity index is 740. The first kappa shape index (κ1) is 22.6. The van der Waals surface area contributed by atoms with E-state index >= 15 is 0 Å². The number of esters is 1. The Balaban J connectivity index is 2.34. The van der Waals surface area contributed by atoms with Crippen molar-refractivity contribution in [2.75, 3.05) is 13.2 Å². The molecule has 1 aromatic carbocycles. The molecule has 28 heavy (non-hydrogen) atoms. The summed E-state index contributed by atoms with van der Waals surface area (Å²) in [5.41, 5.74) is 1.49. The largest absolute Gasteiger partial charge is 0.765 e. The van der Waals surface area contributed by atoms with Crippen molar-refractivity contribution in [2.45, 2.75) is 18.4 Å². The van der Waals surface area contributed by atoms with Crippen LogP contribution < -0.4 is 16.0 Å². The third kappa shape index (κ3) is 5.68. The summed E-state index contributed by atoms with van der Waals surface area (Å²) in [5.74, 6) is -1.72. The molecule has 0 fully saturated rings. The molecule has 1 aromatic rings. The zero-order valence-corrected chi connectivity index (χ0v) is 15.1. The van der Waals surface area contributed by atoms with E-state index in [-0.39, 0.29) is 21.4 Å². The molecule has 1 heterocycles. The second-order valence-electron chi connectivity index (χ2n) is 5.27. The van der Waals surface area contributed by atoms with Crippen LogP contribution in [0.1, 0.15) is 5.56 Å². The number of ether oxygens (including phenoxy) is 2. The number of benzene rings is 1. The highest BCUT2D eigenvalue weighted by molar-refractivity contribution is 6.36. The molecule has 0 saturated carbocycles. The van der Waals surface area contributed by atoms with Crippen LogP contribution in [0.4, 0.5) is 13.2 Å². The summed E-state index contributed by atoms with van der Waals surface area (Å²) in [5, 5.41) is 18.5. The topological polar surface area (TPSA) is 121 Å². The van der Waals surface area contributed by atoms with E-state index in [4.69, 9.17) is 37.9 Å². The maximum Gasteiger partial charge on any atom is 0.430 e. The second kappa shape index (κ2) is 9.71. The lowest BCUT2D eigenvalue weighted by atomic mass is 10.0. The van der Waals surface area contributed by atoms with Gasteiger partial charge in [-0.1, -0.05) is 28.8 Å². The fourth-order valence-corrected chi connectivity index (χ4v) is 2.79. The van der Waals surface area contributed by atoms with Crippen LogP contribution in [-0.4, -0.2) is 42.8 Å². The van der Waals surface area contributed by atoms with Crippen molar-refractivity contribution in [3.05, 3.63) is 38.5 Å². The van der Waals surface area contributed by atoms with Crippen molar-refractivity contribution in [2.24, 2.45) is 0 Å². The number of nitrogens with one attached hydrogen (secondary N) is 2. The van der Waals surface area contributed by atoms with Gasteiger partial charge in [0.2, 0.25) is 6.10 Å². The average molecular weight is 448 g/mol. The predicted octanol–water partition coefficient (Wildman–Crippen LogP) is 2.54. The number of hydrogen-bond donors (Lipinski definition) is 3. The first-order chi connectivity index (χ1) is 13.2. The van der Waals surface area contributed by atoms with E-state index in [1.54, 1.807) is 0 Å². The minimum atomic E-state index is -4.97. The maximum absolute atomic E-state index is 13.4. The van der Waals surface area contributed by atoms with Gasteiger partial charge in [-0.2, -0.15) is 13.2 Å². The monoisotopic (exact) mass is 447 g/mol. The summed E-state index contributed by atoms with van der Waals surface area (Å²) in [6, 6.07) is 2.44. The van der Waals surface area contributed by atoms with Crippen LogP contribution in [0.5, 0.6) is 5.75 Å². The van der Waals surface area contributed by atoms with E-state index in [0.29, 0.717) is 0 Å². The van der Waals surface area contributed by atoms with Crippen molar-refractivity contribution in [1.29, 1.82) is 0 Å². The van der Waals surface area contributed by atoms with Crippen LogP contribution in [0.25, 0.3) is 6.08 Å². The molecule has 3 N–H and O–H groups in total. The fourth-order valence-electron chi connectivity index (χ4n) is 2.24. The van der Waals surface area contributed by atoms with E-state index in [1.807, 2.05) is 0 Å². The van der Waals surface area contributed by atoms with E-state index in [9.17, 15) is 23.2 Å². The third-order valence-corrected chi connectivity index (χ3v) is 3.83. The Morgan fingerprint density at radius 1 is 1.32 bits per heavy atom. The van der Waals surface area contributed by atoms with Crippen molar-refractivity contribution in [1.82, 2.24) is 11.3 Å². The summed E-state index contributed by atoms with van der Waals surface area (Å²) in [6.07, 6.45) is -8.11. The van der Waals surface area contributed by atoms with Gasteiger partial charge in [-0.05, 0) is 18.2 Å². The summed E-state index contributed by atoms with van der Waals surface area (Å²) in [4.78, 5) is 21.0.